The number of piperidine rings is 1. The van der Waals surface area contributed by atoms with Gasteiger partial charge in [-0.05, 0) is 72.1 Å². The van der Waals surface area contributed by atoms with Gasteiger partial charge in [-0.15, -0.1) is 0 Å². The number of benzene rings is 2. The van der Waals surface area contributed by atoms with Gasteiger partial charge in [-0.3, -0.25) is 9.69 Å². The third kappa shape index (κ3) is 3.54. The summed E-state index contributed by atoms with van der Waals surface area (Å²) in [5.41, 5.74) is 5.36. The molecule has 0 bridgehead atoms. The first-order valence-electron chi connectivity index (χ1n) is 12.9. The van der Waals surface area contributed by atoms with E-state index in [0.717, 1.165) is 45.2 Å². The Balaban J connectivity index is 1.28. The van der Waals surface area contributed by atoms with Gasteiger partial charge in [0.2, 0.25) is 5.91 Å². The van der Waals surface area contributed by atoms with E-state index in [1.165, 1.54) is 27.6 Å². The Bertz CT molecular complexity index is 1250. The van der Waals surface area contributed by atoms with Crippen molar-refractivity contribution in [1.82, 2.24) is 19.2 Å². The van der Waals surface area contributed by atoms with Crippen molar-refractivity contribution in [3.05, 3.63) is 71.4 Å². The van der Waals surface area contributed by atoms with E-state index in [0.29, 0.717) is 0 Å². The Morgan fingerprint density at radius 3 is 2.37 bits per heavy atom. The molecule has 35 heavy (non-hydrogen) atoms. The number of hydrogen-bond donors (Lipinski definition) is 1. The Labute approximate surface area is 213 Å². The molecule has 2 aromatic carbocycles. The molecular weight excluding hydrogens is 456 g/mol. The van der Waals surface area contributed by atoms with Gasteiger partial charge < -0.3 is 9.88 Å². The zero-order chi connectivity index (χ0) is 24.4. The summed E-state index contributed by atoms with van der Waals surface area (Å²) < 4.78 is 1.92. The Hall–Kier alpha value is -2.34. The lowest BCUT2D eigenvalue weighted by Crippen LogP contribution is -2.55. The molecule has 2 heterocycles. The lowest BCUT2D eigenvalue weighted by Gasteiger charge is -2.47. The minimum atomic E-state index is -0.0276. The summed E-state index contributed by atoms with van der Waals surface area (Å²) in [5, 5.41) is 1.32. The molecule has 184 valence electrons. The predicted molar refractivity (Wildman–Crippen MR) is 142 cm³/mol. The van der Waals surface area contributed by atoms with Crippen molar-refractivity contribution in [2.75, 3.05) is 34.2 Å². The number of rotatable bonds is 5. The number of likely N-dealkylation sites (N-methyl/N-ethyl adjacent to an activating group) is 2. The number of nitrogens with zero attached hydrogens (tertiary/aromatic N) is 3. The number of H-pyrrole nitrogens is 1. The van der Waals surface area contributed by atoms with Crippen molar-refractivity contribution in [3.8, 4) is 0 Å². The highest BCUT2D eigenvalue weighted by atomic mass is 35.5. The van der Waals surface area contributed by atoms with Gasteiger partial charge in [-0.2, -0.15) is 0 Å². The predicted octanol–water partition coefficient (Wildman–Crippen LogP) is 5.22. The summed E-state index contributed by atoms with van der Waals surface area (Å²) in [6, 6.07) is 17.3. The smallest absolute Gasteiger partial charge is 0.229 e. The molecule has 1 aliphatic heterocycles. The zero-order valence-corrected chi connectivity index (χ0v) is 21.7. The third-order valence-electron chi connectivity index (χ3n) is 9.09. The van der Waals surface area contributed by atoms with Crippen molar-refractivity contribution in [2.24, 2.45) is 0 Å². The molecule has 5 nitrogen and oxygen atoms in total. The van der Waals surface area contributed by atoms with Gasteiger partial charge in [0, 0.05) is 56.7 Å². The van der Waals surface area contributed by atoms with E-state index in [-0.39, 0.29) is 28.8 Å². The SMILES string of the molecule is CN(C)C(=O)[C@@H]1CC2(CCN([C@H](N(C)Cl)C3(c4c[nH]c5ccccc45)CC3)CC2)c2ccccc21. The fourth-order valence-corrected chi connectivity index (χ4v) is 7.61. The monoisotopic (exact) mass is 490 g/mol. The second-order valence-electron chi connectivity index (χ2n) is 11.2. The molecule has 2 atom stereocenters. The van der Waals surface area contributed by atoms with E-state index >= 15 is 0 Å². The van der Waals surface area contributed by atoms with E-state index in [9.17, 15) is 4.79 Å². The highest BCUT2D eigenvalue weighted by molar-refractivity contribution is 6.13. The van der Waals surface area contributed by atoms with Crippen LogP contribution in [0.3, 0.4) is 0 Å². The van der Waals surface area contributed by atoms with E-state index in [1.54, 1.807) is 4.90 Å². The second-order valence-corrected chi connectivity index (χ2v) is 11.7. The van der Waals surface area contributed by atoms with Gasteiger partial charge in [0.05, 0.1) is 12.1 Å². The number of halogens is 1. The molecule has 1 N–H and O–H groups in total. The Morgan fingerprint density at radius 1 is 1.00 bits per heavy atom. The van der Waals surface area contributed by atoms with E-state index in [4.69, 9.17) is 11.8 Å². The number of aromatic nitrogens is 1. The first-order valence-corrected chi connectivity index (χ1v) is 13.2. The molecule has 1 aromatic heterocycles. The molecule has 1 spiro atoms. The van der Waals surface area contributed by atoms with Crippen LogP contribution in [0.1, 0.15) is 54.7 Å². The van der Waals surface area contributed by atoms with Crippen molar-refractivity contribution in [3.63, 3.8) is 0 Å². The van der Waals surface area contributed by atoms with Crippen LogP contribution in [-0.2, 0) is 15.6 Å². The molecule has 6 rings (SSSR count). The summed E-state index contributed by atoms with van der Waals surface area (Å²) in [7, 11) is 5.76. The molecule has 1 amide bonds. The first kappa shape index (κ1) is 23.1. The molecule has 1 saturated heterocycles. The van der Waals surface area contributed by atoms with Gasteiger partial charge in [-0.25, -0.2) is 4.42 Å². The summed E-state index contributed by atoms with van der Waals surface area (Å²) in [4.78, 5) is 20.9. The van der Waals surface area contributed by atoms with E-state index in [1.807, 2.05) is 25.6 Å². The number of fused-ring (bicyclic) bond motifs is 3. The molecule has 0 unspecified atom stereocenters. The van der Waals surface area contributed by atoms with Crippen LogP contribution in [0.15, 0.2) is 54.7 Å². The highest BCUT2D eigenvalue weighted by Crippen LogP contribution is 2.57. The van der Waals surface area contributed by atoms with Crippen LogP contribution in [0.25, 0.3) is 10.9 Å². The highest BCUT2D eigenvalue weighted by Gasteiger charge is 2.57. The quantitative estimate of drug-likeness (QED) is 0.498. The van der Waals surface area contributed by atoms with Crippen LogP contribution < -0.4 is 0 Å². The summed E-state index contributed by atoms with van der Waals surface area (Å²) >= 11 is 6.83. The van der Waals surface area contributed by atoms with Crippen LogP contribution in [0, 0.1) is 0 Å². The van der Waals surface area contributed by atoms with Crippen molar-refractivity contribution >= 4 is 28.6 Å². The molecule has 3 aromatic rings. The van der Waals surface area contributed by atoms with Crippen molar-refractivity contribution in [2.45, 2.75) is 55.0 Å². The van der Waals surface area contributed by atoms with Crippen molar-refractivity contribution in [1.29, 1.82) is 0 Å². The van der Waals surface area contributed by atoms with Crippen LogP contribution in [0.2, 0.25) is 0 Å². The third-order valence-corrected chi connectivity index (χ3v) is 9.27. The van der Waals surface area contributed by atoms with Crippen LogP contribution in [0.5, 0.6) is 0 Å². The summed E-state index contributed by atoms with van der Waals surface area (Å²) in [6.07, 6.45) is 7.71. The Kier molecular flexibility index (Phi) is 5.51. The lowest BCUT2D eigenvalue weighted by atomic mass is 9.73. The maximum atomic E-state index is 13.1. The molecule has 0 radical (unpaired) electrons. The molecule has 6 heteroatoms. The molecular formula is C29H35ClN4O. The van der Waals surface area contributed by atoms with Gasteiger partial charge in [0.1, 0.15) is 0 Å². The van der Waals surface area contributed by atoms with Gasteiger partial charge >= 0.3 is 0 Å². The summed E-state index contributed by atoms with van der Waals surface area (Å²) in [6.45, 7) is 1.98. The maximum absolute atomic E-state index is 13.1. The average molecular weight is 491 g/mol. The van der Waals surface area contributed by atoms with Crippen LogP contribution >= 0.6 is 11.8 Å². The average Bonchev–Trinajstić information content (AvgIpc) is 3.41. The number of hydrogen-bond acceptors (Lipinski definition) is 3. The van der Waals surface area contributed by atoms with E-state index in [2.05, 4.69) is 64.6 Å². The van der Waals surface area contributed by atoms with Crippen LogP contribution in [0.4, 0.5) is 0 Å². The number of nitrogens with one attached hydrogen (secondary N) is 1. The fraction of sp³-hybridized carbons (Fsp3) is 0.483. The minimum Gasteiger partial charge on any atom is -0.361 e. The number of carbonyl (C=O) groups excluding carboxylic acids is 1. The van der Waals surface area contributed by atoms with Crippen molar-refractivity contribution < 1.29 is 4.79 Å². The zero-order valence-electron chi connectivity index (χ0n) is 20.9. The lowest BCUT2D eigenvalue weighted by molar-refractivity contribution is -0.130. The number of amides is 1. The summed E-state index contributed by atoms with van der Waals surface area (Å²) in [5.74, 6) is 0.201. The second kappa shape index (κ2) is 8.36. The number of likely N-dealkylation sites (tertiary alicyclic amines) is 1. The van der Waals surface area contributed by atoms with E-state index < -0.39 is 0 Å². The first-order chi connectivity index (χ1) is 16.9. The topological polar surface area (TPSA) is 42.6 Å². The van der Waals surface area contributed by atoms with Gasteiger partial charge in [-0.1, -0.05) is 42.5 Å². The number of carbonyl (C=O) groups is 1. The number of para-hydroxylation sites is 1. The maximum Gasteiger partial charge on any atom is 0.229 e. The molecule has 1 saturated carbocycles. The molecule has 2 fully saturated rings. The van der Waals surface area contributed by atoms with Gasteiger partial charge in [0.25, 0.3) is 0 Å². The Morgan fingerprint density at radius 2 is 1.69 bits per heavy atom. The number of aromatic amines is 1. The normalized spacial score (nSPS) is 23.5. The fourth-order valence-electron chi connectivity index (χ4n) is 7.30. The van der Waals surface area contributed by atoms with Crippen LogP contribution in [-0.4, -0.2) is 65.5 Å². The molecule has 2 aliphatic carbocycles. The largest absolute Gasteiger partial charge is 0.361 e. The molecule has 3 aliphatic rings. The minimum absolute atomic E-state index is 0.0276. The van der Waals surface area contributed by atoms with Gasteiger partial charge in [0.15, 0.2) is 0 Å². The standard InChI is InChI=1S/C29H35ClN4O/c1-32(2)26(35)22-18-28(23-10-6-4-8-20(22)23)14-16-34(17-15-28)27(33(3)30)29(12-13-29)24-19-31-25-11-7-5-9-21(24)25/h4-11,19,22,27,31H,12-18H2,1-3H3/t22-,27+/m1/s1.